The highest BCUT2D eigenvalue weighted by atomic mass is 79.9. The molecule has 0 amide bonds. The van der Waals surface area contributed by atoms with Gasteiger partial charge in [-0.15, -0.1) is 11.3 Å². The van der Waals surface area contributed by atoms with Crippen molar-refractivity contribution in [2.75, 3.05) is 0 Å². The Morgan fingerprint density at radius 2 is 2.00 bits per heavy atom. The van der Waals surface area contributed by atoms with Crippen LogP contribution in [0, 0.1) is 0 Å². The summed E-state index contributed by atoms with van der Waals surface area (Å²) in [5.41, 5.74) is 1.67. The van der Waals surface area contributed by atoms with E-state index >= 15 is 0 Å². The lowest BCUT2D eigenvalue weighted by Crippen LogP contribution is -2.22. The second-order valence-corrected chi connectivity index (χ2v) is 6.90. The van der Waals surface area contributed by atoms with Crippen LogP contribution >= 0.6 is 27.3 Å². The molecule has 0 radical (unpaired) electrons. The zero-order chi connectivity index (χ0) is 12.3. The Labute approximate surface area is 112 Å². The van der Waals surface area contributed by atoms with Gasteiger partial charge in [0.25, 0.3) is 0 Å². The van der Waals surface area contributed by atoms with Crippen molar-refractivity contribution in [2.45, 2.75) is 11.4 Å². The molecule has 1 aromatic carbocycles. The third-order valence-electron chi connectivity index (χ3n) is 2.04. The molecule has 1 heterocycles. The van der Waals surface area contributed by atoms with E-state index in [2.05, 4.69) is 25.6 Å². The molecule has 0 saturated heterocycles. The average Bonchev–Trinajstić information content (AvgIpc) is 2.80. The van der Waals surface area contributed by atoms with Crippen molar-refractivity contribution in [2.24, 2.45) is 0 Å². The molecule has 0 aliphatic carbocycles. The van der Waals surface area contributed by atoms with Crippen LogP contribution in [0.5, 0.6) is 0 Å². The van der Waals surface area contributed by atoms with Crippen molar-refractivity contribution in [3.63, 3.8) is 0 Å². The minimum absolute atomic E-state index is 0.255. The molecule has 1 N–H and O–H groups in total. The predicted octanol–water partition coefficient (Wildman–Crippen LogP) is 2.38. The van der Waals surface area contributed by atoms with E-state index in [-0.39, 0.29) is 11.4 Å². The van der Waals surface area contributed by atoms with Gasteiger partial charge in [0.15, 0.2) is 0 Å². The smallest absolute Gasteiger partial charge is 0.240 e. The van der Waals surface area contributed by atoms with E-state index < -0.39 is 10.0 Å². The maximum atomic E-state index is 11.9. The van der Waals surface area contributed by atoms with Crippen LogP contribution in [0.1, 0.15) is 4.88 Å². The third kappa shape index (κ3) is 3.35. The molecular weight excluding hydrogens is 324 g/mol. The summed E-state index contributed by atoms with van der Waals surface area (Å²) in [6.45, 7) is 0.267. The Balaban J connectivity index is 2.11. The zero-order valence-corrected chi connectivity index (χ0v) is 11.8. The van der Waals surface area contributed by atoms with E-state index in [1.165, 1.54) is 11.3 Å². The summed E-state index contributed by atoms with van der Waals surface area (Å²) in [4.78, 5) is 5.02. The predicted molar refractivity (Wildman–Crippen MR) is 70.3 cm³/mol. The van der Waals surface area contributed by atoms with Gasteiger partial charge in [-0.1, -0.05) is 15.9 Å². The van der Waals surface area contributed by atoms with Gasteiger partial charge in [-0.2, -0.15) is 0 Å². The lowest BCUT2D eigenvalue weighted by molar-refractivity contribution is 0.582. The van der Waals surface area contributed by atoms with Gasteiger partial charge < -0.3 is 0 Å². The minimum Gasteiger partial charge on any atom is -0.253 e. The van der Waals surface area contributed by atoms with Gasteiger partial charge in [-0.05, 0) is 24.3 Å². The quantitative estimate of drug-likeness (QED) is 0.935. The number of nitrogens with zero attached hydrogens (tertiary/aromatic N) is 1. The monoisotopic (exact) mass is 332 g/mol. The van der Waals surface area contributed by atoms with Crippen LogP contribution in [-0.4, -0.2) is 13.4 Å². The topological polar surface area (TPSA) is 59.1 Å². The SMILES string of the molecule is O=S(=O)(NCc1cncs1)c1ccc(Br)cc1. The molecule has 17 heavy (non-hydrogen) atoms. The molecule has 0 fully saturated rings. The van der Waals surface area contributed by atoms with Crippen LogP contribution < -0.4 is 4.72 Å². The Morgan fingerprint density at radius 3 is 2.59 bits per heavy atom. The molecule has 90 valence electrons. The summed E-state index contributed by atoms with van der Waals surface area (Å²) in [7, 11) is -3.45. The normalized spacial score (nSPS) is 11.6. The second kappa shape index (κ2) is 5.26. The number of hydrogen-bond donors (Lipinski definition) is 1. The number of nitrogens with one attached hydrogen (secondary N) is 1. The fourth-order valence-electron chi connectivity index (χ4n) is 1.19. The lowest BCUT2D eigenvalue weighted by Gasteiger charge is -2.05. The Hall–Kier alpha value is -0.760. The Morgan fingerprint density at radius 1 is 1.29 bits per heavy atom. The van der Waals surface area contributed by atoms with Crippen LogP contribution in [0.2, 0.25) is 0 Å². The maximum Gasteiger partial charge on any atom is 0.240 e. The molecule has 0 bridgehead atoms. The Kier molecular flexibility index (Phi) is 3.93. The second-order valence-electron chi connectivity index (χ2n) is 3.25. The summed E-state index contributed by atoms with van der Waals surface area (Å²) in [6, 6.07) is 6.50. The first-order valence-corrected chi connectivity index (χ1v) is 7.86. The van der Waals surface area contributed by atoms with E-state index in [0.717, 1.165) is 9.35 Å². The molecule has 7 heteroatoms. The number of halogens is 1. The van der Waals surface area contributed by atoms with E-state index in [9.17, 15) is 8.42 Å². The first-order chi connectivity index (χ1) is 8.08. The summed E-state index contributed by atoms with van der Waals surface area (Å²) in [5.74, 6) is 0. The molecular formula is C10H9BrN2O2S2. The highest BCUT2D eigenvalue weighted by Gasteiger charge is 2.13. The molecule has 2 aromatic rings. The van der Waals surface area contributed by atoms with E-state index in [4.69, 9.17) is 0 Å². The minimum atomic E-state index is -3.45. The number of thiazole rings is 1. The first-order valence-electron chi connectivity index (χ1n) is 4.70. The number of benzene rings is 1. The van der Waals surface area contributed by atoms with Gasteiger partial charge in [-0.25, -0.2) is 13.1 Å². The molecule has 0 saturated carbocycles. The molecule has 0 unspecified atom stereocenters. The fourth-order valence-corrected chi connectivity index (χ4v) is 3.09. The number of sulfonamides is 1. The van der Waals surface area contributed by atoms with Crippen LogP contribution in [0.15, 0.2) is 45.3 Å². The van der Waals surface area contributed by atoms with Gasteiger partial charge in [-0.3, -0.25) is 4.98 Å². The van der Waals surface area contributed by atoms with Crippen molar-refractivity contribution < 1.29 is 8.42 Å². The lowest BCUT2D eigenvalue weighted by atomic mass is 10.4. The van der Waals surface area contributed by atoms with Crippen molar-refractivity contribution in [3.8, 4) is 0 Å². The van der Waals surface area contributed by atoms with E-state index in [1.807, 2.05) is 0 Å². The van der Waals surface area contributed by atoms with Crippen LogP contribution in [0.3, 0.4) is 0 Å². The van der Waals surface area contributed by atoms with Crippen molar-refractivity contribution in [1.29, 1.82) is 0 Å². The fraction of sp³-hybridized carbons (Fsp3) is 0.100. The summed E-state index contributed by atoms with van der Waals surface area (Å²) in [6.07, 6.45) is 1.65. The summed E-state index contributed by atoms with van der Waals surface area (Å²) < 4.78 is 27.2. The molecule has 4 nitrogen and oxygen atoms in total. The molecule has 0 aliphatic heterocycles. The summed E-state index contributed by atoms with van der Waals surface area (Å²) >= 11 is 4.68. The van der Waals surface area contributed by atoms with Gasteiger partial charge in [0, 0.05) is 22.1 Å². The first kappa shape index (κ1) is 12.7. The molecule has 0 aliphatic rings. The summed E-state index contributed by atoms with van der Waals surface area (Å²) in [5, 5.41) is 0. The molecule has 1 aromatic heterocycles. The van der Waals surface area contributed by atoms with Gasteiger partial charge >= 0.3 is 0 Å². The largest absolute Gasteiger partial charge is 0.253 e. The highest BCUT2D eigenvalue weighted by Crippen LogP contribution is 2.15. The van der Waals surface area contributed by atoms with Crippen LogP contribution in [-0.2, 0) is 16.6 Å². The average molecular weight is 333 g/mol. The van der Waals surface area contributed by atoms with E-state index in [1.54, 1.807) is 36.0 Å². The van der Waals surface area contributed by atoms with Crippen molar-refractivity contribution in [3.05, 3.63) is 45.3 Å². The molecule has 0 spiro atoms. The number of aromatic nitrogens is 1. The maximum absolute atomic E-state index is 11.9. The van der Waals surface area contributed by atoms with Crippen molar-refractivity contribution in [1.82, 2.24) is 9.71 Å². The Bertz CT molecular complexity index is 579. The number of hydrogen-bond acceptors (Lipinski definition) is 4. The molecule has 2 rings (SSSR count). The van der Waals surface area contributed by atoms with Crippen LogP contribution in [0.4, 0.5) is 0 Å². The van der Waals surface area contributed by atoms with Crippen molar-refractivity contribution >= 4 is 37.3 Å². The molecule has 0 atom stereocenters. The third-order valence-corrected chi connectivity index (χ3v) is 4.77. The highest BCUT2D eigenvalue weighted by molar-refractivity contribution is 9.10. The van der Waals surface area contributed by atoms with Gasteiger partial charge in [0.2, 0.25) is 10.0 Å². The van der Waals surface area contributed by atoms with Crippen LogP contribution in [0.25, 0.3) is 0 Å². The van der Waals surface area contributed by atoms with Gasteiger partial charge in [0.05, 0.1) is 10.4 Å². The zero-order valence-electron chi connectivity index (χ0n) is 8.63. The van der Waals surface area contributed by atoms with Gasteiger partial charge in [0.1, 0.15) is 0 Å². The standard InChI is InChI=1S/C10H9BrN2O2S2/c11-8-1-3-10(4-2-8)17(14,15)13-6-9-5-12-7-16-9/h1-5,7,13H,6H2. The number of rotatable bonds is 4. The van der Waals surface area contributed by atoms with E-state index in [0.29, 0.717) is 0 Å².